The zero-order valence-electron chi connectivity index (χ0n) is 14.5. The van der Waals surface area contributed by atoms with Gasteiger partial charge in [0.05, 0.1) is 26.3 Å². The summed E-state index contributed by atoms with van der Waals surface area (Å²) < 4.78 is 19.1. The molecule has 146 valence electrons. The van der Waals surface area contributed by atoms with Gasteiger partial charge in [0.2, 0.25) is 0 Å². The van der Waals surface area contributed by atoms with Crippen LogP contribution in [0, 0.1) is 0 Å². The van der Waals surface area contributed by atoms with Gasteiger partial charge in [-0.25, -0.2) is 19.2 Å². The number of amides is 2. The maximum atomic E-state index is 11.3. The number of alkyl carbamates (subject to hydrolysis) is 2. The van der Waals surface area contributed by atoms with Gasteiger partial charge in [0.25, 0.3) is 0 Å². The molecule has 0 heterocycles. The number of esters is 2. The van der Waals surface area contributed by atoms with Crippen molar-refractivity contribution < 1.29 is 38.1 Å². The van der Waals surface area contributed by atoms with Crippen LogP contribution in [0.25, 0.3) is 0 Å². The molecule has 0 saturated heterocycles. The van der Waals surface area contributed by atoms with E-state index in [-0.39, 0.29) is 39.5 Å². The number of hydrogen-bond donors (Lipinski definition) is 2. The molecule has 0 aromatic rings. The maximum Gasteiger partial charge on any atom is 0.407 e. The third kappa shape index (κ3) is 14.5. The van der Waals surface area contributed by atoms with E-state index in [1.54, 1.807) is 0 Å². The van der Waals surface area contributed by atoms with Gasteiger partial charge < -0.3 is 29.6 Å². The Balaban J connectivity index is 3.43. The van der Waals surface area contributed by atoms with E-state index in [1.165, 1.54) is 0 Å². The van der Waals surface area contributed by atoms with Gasteiger partial charge >= 0.3 is 24.1 Å². The van der Waals surface area contributed by atoms with E-state index in [4.69, 9.17) is 9.47 Å². The van der Waals surface area contributed by atoms with Crippen LogP contribution in [0.4, 0.5) is 9.59 Å². The van der Waals surface area contributed by atoms with Gasteiger partial charge in [0.1, 0.15) is 13.2 Å². The van der Waals surface area contributed by atoms with Crippen LogP contribution < -0.4 is 10.6 Å². The van der Waals surface area contributed by atoms with Gasteiger partial charge in [-0.2, -0.15) is 0 Å². The topological polar surface area (TPSA) is 129 Å². The molecule has 0 saturated carbocycles. The first-order valence-corrected chi connectivity index (χ1v) is 7.89. The maximum absolute atomic E-state index is 11.3. The minimum Gasteiger partial charge on any atom is -0.461 e. The molecule has 0 aliphatic carbocycles. The van der Waals surface area contributed by atoms with Crippen LogP contribution >= 0.6 is 0 Å². The lowest BCUT2D eigenvalue weighted by atomic mass is 10.3. The molecule has 2 amide bonds. The first kappa shape index (κ1) is 23.0. The van der Waals surface area contributed by atoms with Crippen molar-refractivity contribution in [2.45, 2.75) is 12.8 Å². The molecule has 0 fully saturated rings. The molecule has 0 aromatic heterocycles. The quantitative estimate of drug-likeness (QED) is 0.209. The molecule has 0 aliphatic rings. The molecule has 10 nitrogen and oxygen atoms in total. The third-order valence-corrected chi connectivity index (χ3v) is 2.57. The predicted molar refractivity (Wildman–Crippen MR) is 90.2 cm³/mol. The van der Waals surface area contributed by atoms with Crippen molar-refractivity contribution in [1.29, 1.82) is 0 Å². The monoisotopic (exact) mass is 372 g/mol. The van der Waals surface area contributed by atoms with Crippen molar-refractivity contribution in [2.75, 3.05) is 39.5 Å². The second-order valence-corrected chi connectivity index (χ2v) is 4.58. The van der Waals surface area contributed by atoms with Crippen LogP contribution in [0.3, 0.4) is 0 Å². The highest BCUT2D eigenvalue weighted by atomic mass is 16.6. The van der Waals surface area contributed by atoms with Gasteiger partial charge in [0, 0.05) is 12.2 Å². The van der Waals surface area contributed by atoms with Crippen LogP contribution in [-0.2, 0) is 28.5 Å². The van der Waals surface area contributed by atoms with Gasteiger partial charge in [-0.05, 0) is 12.8 Å². The normalized spacial score (nSPS) is 9.38. The Bertz CT molecular complexity index is 449. The van der Waals surface area contributed by atoms with Crippen molar-refractivity contribution >= 4 is 24.1 Å². The number of rotatable bonds is 13. The summed E-state index contributed by atoms with van der Waals surface area (Å²) in [5.41, 5.74) is 0. The second kappa shape index (κ2) is 15.5. The van der Waals surface area contributed by atoms with E-state index in [0.29, 0.717) is 12.8 Å². The molecule has 10 heteroatoms. The molecule has 0 unspecified atom stereocenters. The molecule has 0 spiro atoms. The Hall–Kier alpha value is -3.04. The lowest BCUT2D eigenvalue weighted by molar-refractivity contribution is -0.138. The highest BCUT2D eigenvalue weighted by Crippen LogP contribution is 1.93. The van der Waals surface area contributed by atoms with Crippen molar-refractivity contribution in [3.05, 3.63) is 25.3 Å². The lowest BCUT2D eigenvalue weighted by Crippen LogP contribution is -2.29. The zero-order chi connectivity index (χ0) is 19.6. The summed E-state index contributed by atoms with van der Waals surface area (Å²) >= 11 is 0. The predicted octanol–water partition coefficient (Wildman–Crippen LogP) is 0.677. The summed E-state index contributed by atoms with van der Waals surface area (Å²) in [6.45, 7) is 7.08. The van der Waals surface area contributed by atoms with Gasteiger partial charge in [-0.3, -0.25) is 0 Å². The summed E-state index contributed by atoms with van der Waals surface area (Å²) in [6, 6.07) is 0. The van der Waals surface area contributed by atoms with Crippen LogP contribution in [0.2, 0.25) is 0 Å². The third-order valence-electron chi connectivity index (χ3n) is 2.57. The molecule has 0 aliphatic heterocycles. The average Bonchev–Trinajstić information content (AvgIpc) is 2.64. The van der Waals surface area contributed by atoms with Gasteiger partial charge in [-0.1, -0.05) is 13.2 Å². The number of carbonyl (C=O) groups excluding carboxylic acids is 4. The van der Waals surface area contributed by atoms with E-state index in [1.807, 2.05) is 0 Å². The molecule has 0 rings (SSSR count). The van der Waals surface area contributed by atoms with Crippen LogP contribution in [0.1, 0.15) is 12.8 Å². The fourth-order valence-electron chi connectivity index (χ4n) is 1.36. The largest absolute Gasteiger partial charge is 0.461 e. The summed E-state index contributed by atoms with van der Waals surface area (Å²) in [5.74, 6) is -1.14. The van der Waals surface area contributed by atoms with Crippen LogP contribution in [0.5, 0.6) is 0 Å². The van der Waals surface area contributed by atoms with E-state index in [9.17, 15) is 19.2 Å². The molecule has 0 atom stereocenters. The van der Waals surface area contributed by atoms with E-state index in [0.717, 1.165) is 12.2 Å². The van der Waals surface area contributed by atoms with Gasteiger partial charge in [-0.15, -0.1) is 0 Å². The van der Waals surface area contributed by atoms with Crippen molar-refractivity contribution in [3.63, 3.8) is 0 Å². The number of ether oxygens (including phenoxy) is 4. The second-order valence-electron chi connectivity index (χ2n) is 4.58. The fraction of sp³-hybridized carbons (Fsp3) is 0.500. The Labute approximate surface area is 151 Å². The standard InChI is InChI=1S/C16H24N2O8/c1-3-13(19)23-11-7-17-15(21)25-9-5-6-10-26-16(22)18-8-12-24-14(20)4-2/h3-4H,1-2,5-12H2,(H,17,21)(H,18,22). The Kier molecular flexibility index (Phi) is 13.7. The van der Waals surface area contributed by atoms with Crippen molar-refractivity contribution in [1.82, 2.24) is 10.6 Å². The zero-order valence-corrected chi connectivity index (χ0v) is 14.5. The van der Waals surface area contributed by atoms with Gasteiger partial charge in [0.15, 0.2) is 0 Å². The molecule has 26 heavy (non-hydrogen) atoms. The number of hydrogen-bond acceptors (Lipinski definition) is 8. The smallest absolute Gasteiger partial charge is 0.407 e. The molecular formula is C16H24N2O8. The highest BCUT2D eigenvalue weighted by molar-refractivity contribution is 5.81. The summed E-state index contributed by atoms with van der Waals surface area (Å²) in [6.07, 6.45) is 1.79. The molecule has 0 aromatic carbocycles. The minimum atomic E-state index is -0.632. The highest BCUT2D eigenvalue weighted by Gasteiger charge is 2.04. The van der Waals surface area contributed by atoms with Crippen molar-refractivity contribution in [2.24, 2.45) is 0 Å². The minimum absolute atomic E-state index is 0.0235. The number of unbranched alkanes of at least 4 members (excludes halogenated alkanes) is 1. The first-order valence-electron chi connectivity index (χ1n) is 7.89. The Morgan fingerprint density at radius 3 is 1.38 bits per heavy atom. The molecule has 0 bridgehead atoms. The van der Waals surface area contributed by atoms with E-state index >= 15 is 0 Å². The lowest BCUT2D eigenvalue weighted by Gasteiger charge is -2.08. The van der Waals surface area contributed by atoms with E-state index in [2.05, 4.69) is 33.3 Å². The first-order chi connectivity index (χ1) is 12.5. The van der Waals surface area contributed by atoms with Crippen molar-refractivity contribution in [3.8, 4) is 0 Å². The summed E-state index contributed by atoms with van der Waals surface area (Å²) in [4.78, 5) is 44.1. The van der Waals surface area contributed by atoms with Crippen LogP contribution in [0.15, 0.2) is 25.3 Å². The molecule has 0 radical (unpaired) electrons. The fourth-order valence-corrected chi connectivity index (χ4v) is 1.36. The SMILES string of the molecule is C=CC(=O)OCCNC(=O)OCCCCOC(=O)NCCOC(=O)C=C. The molecule has 2 N–H and O–H groups in total. The summed E-state index contributed by atoms with van der Waals surface area (Å²) in [7, 11) is 0. The molecular weight excluding hydrogens is 348 g/mol. The Morgan fingerprint density at radius 2 is 1.04 bits per heavy atom. The summed E-state index contributed by atoms with van der Waals surface area (Å²) in [5, 5.41) is 4.80. The number of carbonyl (C=O) groups is 4. The number of nitrogens with one attached hydrogen (secondary N) is 2. The van der Waals surface area contributed by atoms with E-state index < -0.39 is 24.1 Å². The average molecular weight is 372 g/mol. The Morgan fingerprint density at radius 1 is 0.654 bits per heavy atom. The van der Waals surface area contributed by atoms with Crippen LogP contribution in [-0.4, -0.2) is 63.6 Å².